The van der Waals surface area contributed by atoms with Crippen LogP contribution in [-0.2, 0) is 0 Å². The van der Waals surface area contributed by atoms with Crippen molar-refractivity contribution in [2.24, 2.45) is 0 Å². The molecule has 0 aliphatic rings. The highest BCUT2D eigenvalue weighted by Gasteiger charge is 2.16. The molecule has 104 valence electrons. The van der Waals surface area contributed by atoms with E-state index < -0.39 is 23.0 Å². The van der Waals surface area contributed by atoms with E-state index >= 15 is 0 Å². The molecule has 0 fully saturated rings. The van der Waals surface area contributed by atoms with Crippen molar-refractivity contribution in [2.75, 3.05) is 0 Å². The van der Waals surface area contributed by atoms with Crippen molar-refractivity contribution < 1.29 is 15.0 Å². The maximum Gasteiger partial charge on any atom is 0.356 e. The summed E-state index contributed by atoms with van der Waals surface area (Å²) >= 11 is 0. The van der Waals surface area contributed by atoms with Crippen LogP contribution < -0.4 is 5.56 Å². The predicted molar refractivity (Wildman–Crippen MR) is 78.6 cm³/mol. The Morgan fingerprint density at radius 2 is 1.67 bits per heavy atom. The van der Waals surface area contributed by atoms with E-state index in [0.29, 0.717) is 0 Å². The Bertz CT molecular complexity index is 897. The quantitative estimate of drug-likeness (QED) is 0.673. The minimum atomic E-state index is -1.38. The number of carboxylic acids is 1. The van der Waals surface area contributed by atoms with Crippen LogP contribution in [0.4, 0.5) is 0 Å². The SMILES string of the molecule is O=C(O)c1[nH]c(=O)c2ccc(-c3ccccc3)cc2c1O. The first-order valence-corrected chi connectivity index (χ1v) is 6.25. The highest BCUT2D eigenvalue weighted by Crippen LogP contribution is 2.29. The number of aromatic nitrogens is 1. The lowest BCUT2D eigenvalue weighted by molar-refractivity contribution is 0.0687. The van der Waals surface area contributed by atoms with Crippen LogP contribution in [0, 0.1) is 0 Å². The van der Waals surface area contributed by atoms with Crippen LogP contribution in [0.5, 0.6) is 5.75 Å². The molecule has 0 aliphatic heterocycles. The highest BCUT2D eigenvalue weighted by atomic mass is 16.4. The Labute approximate surface area is 119 Å². The van der Waals surface area contributed by atoms with Crippen molar-refractivity contribution in [3.63, 3.8) is 0 Å². The topological polar surface area (TPSA) is 90.4 Å². The lowest BCUT2D eigenvalue weighted by Crippen LogP contribution is -2.13. The third kappa shape index (κ3) is 2.14. The third-order valence-electron chi connectivity index (χ3n) is 3.32. The van der Waals surface area contributed by atoms with E-state index in [-0.39, 0.29) is 10.8 Å². The standard InChI is InChI=1S/C16H11NO4/c18-14-12-8-10(9-4-2-1-3-5-9)6-7-11(12)15(19)17-13(14)16(20)21/h1-8,18H,(H,17,19)(H,20,21). The van der Waals surface area contributed by atoms with Gasteiger partial charge in [0.1, 0.15) is 0 Å². The van der Waals surface area contributed by atoms with Gasteiger partial charge in [-0.1, -0.05) is 36.4 Å². The normalized spacial score (nSPS) is 10.7. The van der Waals surface area contributed by atoms with E-state index in [0.717, 1.165) is 11.1 Å². The molecule has 0 bridgehead atoms. The van der Waals surface area contributed by atoms with Gasteiger partial charge >= 0.3 is 5.97 Å². The van der Waals surface area contributed by atoms with Gasteiger partial charge < -0.3 is 15.2 Å². The zero-order valence-electron chi connectivity index (χ0n) is 10.8. The summed E-state index contributed by atoms with van der Waals surface area (Å²) in [6, 6.07) is 14.4. The fraction of sp³-hybridized carbons (Fsp3) is 0. The molecule has 0 atom stereocenters. The zero-order valence-corrected chi connectivity index (χ0v) is 10.8. The van der Waals surface area contributed by atoms with Gasteiger partial charge in [-0.3, -0.25) is 4.79 Å². The van der Waals surface area contributed by atoms with E-state index in [1.807, 2.05) is 30.3 Å². The van der Waals surface area contributed by atoms with Crippen LogP contribution >= 0.6 is 0 Å². The van der Waals surface area contributed by atoms with Crippen molar-refractivity contribution in [3.8, 4) is 16.9 Å². The molecule has 0 saturated heterocycles. The lowest BCUT2D eigenvalue weighted by atomic mass is 10.0. The van der Waals surface area contributed by atoms with Gasteiger partial charge in [0.25, 0.3) is 5.56 Å². The molecule has 0 unspecified atom stereocenters. The van der Waals surface area contributed by atoms with Gasteiger partial charge in [0, 0.05) is 5.39 Å². The number of aromatic carboxylic acids is 1. The molecule has 21 heavy (non-hydrogen) atoms. The first kappa shape index (κ1) is 12.9. The second-order valence-corrected chi connectivity index (χ2v) is 4.61. The molecule has 1 heterocycles. The van der Waals surface area contributed by atoms with Gasteiger partial charge in [0.05, 0.1) is 5.39 Å². The molecule has 0 amide bonds. The summed E-state index contributed by atoms with van der Waals surface area (Å²) in [5, 5.41) is 19.5. The van der Waals surface area contributed by atoms with Crippen molar-refractivity contribution in [3.05, 3.63) is 64.6 Å². The maximum absolute atomic E-state index is 11.9. The fourth-order valence-electron chi connectivity index (χ4n) is 2.28. The van der Waals surface area contributed by atoms with Gasteiger partial charge in [-0.15, -0.1) is 0 Å². The number of benzene rings is 2. The second-order valence-electron chi connectivity index (χ2n) is 4.61. The number of hydrogen-bond acceptors (Lipinski definition) is 3. The van der Waals surface area contributed by atoms with Crippen molar-refractivity contribution >= 4 is 16.7 Å². The Morgan fingerprint density at radius 1 is 0.952 bits per heavy atom. The number of hydrogen-bond donors (Lipinski definition) is 3. The number of nitrogens with one attached hydrogen (secondary N) is 1. The Morgan fingerprint density at radius 3 is 2.33 bits per heavy atom. The number of carbonyl (C=O) groups is 1. The number of pyridine rings is 1. The lowest BCUT2D eigenvalue weighted by Gasteiger charge is -2.07. The number of rotatable bonds is 2. The molecule has 0 spiro atoms. The molecule has 3 N–H and O–H groups in total. The van der Waals surface area contributed by atoms with E-state index in [1.165, 1.54) is 0 Å². The van der Waals surface area contributed by atoms with Gasteiger partial charge in [-0.25, -0.2) is 4.79 Å². The van der Waals surface area contributed by atoms with Crippen LogP contribution in [0.15, 0.2) is 53.3 Å². The van der Waals surface area contributed by atoms with E-state index in [4.69, 9.17) is 5.11 Å². The van der Waals surface area contributed by atoms with Crippen LogP contribution in [-0.4, -0.2) is 21.2 Å². The zero-order chi connectivity index (χ0) is 15.0. The number of H-pyrrole nitrogens is 1. The van der Waals surface area contributed by atoms with Crippen LogP contribution in [0.25, 0.3) is 21.9 Å². The number of aromatic hydroxyl groups is 1. The molecular weight excluding hydrogens is 270 g/mol. The van der Waals surface area contributed by atoms with Crippen molar-refractivity contribution in [2.45, 2.75) is 0 Å². The minimum Gasteiger partial charge on any atom is -0.505 e. The number of carboxylic acid groups (broad SMARTS) is 1. The summed E-state index contributed by atoms with van der Waals surface area (Å²) in [6.45, 7) is 0. The smallest absolute Gasteiger partial charge is 0.356 e. The number of fused-ring (bicyclic) bond motifs is 1. The second kappa shape index (κ2) is 4.79. The van der Waals surface area contributed by atoms with E-state index in [2.05, 4.69) is 4.98 Å². The van der Waals surface area contributed by atoms with Gasteiger partial charge in [0.2, 0.25) is 0 Å². The third-order valence-corrected chi connectivity index (χ3v) is 3.32. The largest absolute Gasteiger partial charge is 0.505 e. The molecule has 0 saturated carbocycles. The highest BCUT2D eigenvalue weighted by molar-refractivity contribution is 5.99. The summed E-state index contributed by atoms with van der Waals surface area (Å²) in [6.07, 6.45) is 0. The van der Waals surface area contributed by atoms with E-state index in [9.17, 15) is 14.7 Å². The molecule has 1 aromatic heterocycles. The average Bonchev–Trinajstić information content (AvgIpc) is 2.51. The van der Waals surface area contributed by atoms with E-state index in [1.54, 1.807) is 18.2 Å². The van der Waals surface area contributed by atoms with Gasteiger partial charge in [0.15, 0.2) is 11.4 Å². The average molecular weight is 281 g/mol. The summed E-state index contributed by atoms with van der Waals surface area (Å²) in [4.78, 5) is 25.1. The summed E-state index contributed by atoms with van der Waals surface area (Å²) < 4.78 is 0. The molecular formula is C16H11NO4. The minimum absolute atomic E-state index is 0.220. The van der Waals surface area contributed by atoms with Crippen LogP contribution in [0.2, 0.25) is 0 Å². The van der Waals surface area contributed by atoms with Crippen LogP contribution in [0.1, 0.15) is 10.5 Å². The Hall–Kier alpha value is -3.08. The fourth-order valence-corrected chi connectivity index (χ4v) is 2.28. The van der Waals surface area contributed by atoms with Gasteiger partial charge in [-0.05, 0) is 23.3 Å². The first-order chi connectivity index (χ1) is 10.1. The molecule has 3 rings (SSSR count). The van der Waals surface area contributed by atoms with Crippen LogP contribution in [0.3, 0.4) is 0 Å². The molecule has 0 aliphatic carbocycles. The first-order valence-electron chi connectivity index (χ1n) is 6.25. The predicted octanol–water partition coefficient (Wildman–Crippen LogP) is 2.60. The summed E-state index contributed by atoms with van der Waals surface area (Å²) in [5.41, 5.74) is 0.661. The molecule has 5 nitrogen and oxygen atoms in total. The molecule has 5 heteroatoms. The monoisotopic (exact) mass is 281 g/mol. The molecule has 3 aromatic rings. The molecule has 2 aromatic carbocycles. The summed E-state index contributed by atoms with van der Waals surface area (Å²) in [5.74, 6) is -1.81. The molecule has 0 radical (unpaired) electrons. The Balaban J connectivity index is 2.33. The number of aromatic amines is 1. The van der Waals surface area contributed by atoms with Crippen molar-refractivity contribution in [1.82, 2.24) is 4.98 Å². The summed E-state index contributed by atoms with van der Waals surface area (Å²) in [7, 11) is 0. The Kier molecular flexibility index (Phi) is 2.95. The van der Waals surface area contributed by atoms with Gasteiger partial charge in [-0.2, -0.15) is 0 Å². The maximum atomic E-state index is 11.9. The van der Waals surface area contributed by atoms with Crippen molar-refractivity contribution in [1.29, 1.82) is 0 Å².